The van der Waals surface area contributed by atoms with E-state index in [1.54, 1.807) is 23.9 Å². The maximum absolute atomic E-state index is 12.0. The third-order valence-electron chi connectivity index (χ3n) is 3.70. The molecule has 1 heterocycles. The van der Waals surface area contributed by atoms with Crippen molar-refractivity contribution in [3.05, 3.63) is 57.0 Å². The Labute approximate surface area is 204 Å². The van der Waals surface area contributed by atoms with E-state index in [-0.39, 0.29) is 17.4 Å². The van der Waals surface area contributed by atoms with Crippen molar-refractivity contribution < 1.29 is 14.6 Å². The summed E-state index contributed by atoms with van der Waals surface area (Å²) < 4.78 is 7.06. The maximum Gasteiger partial charge on any atom is 0.250 e. The Bertz CT molecular complexity index is 1100. The third kappa shape index (κ3) is 7.11. The van der Waals surface area contributed by atoms with Gasteiger partial charge in [-0.25, -0.2) is 5.43 Å². The summed E-state index contributed by atoms with van der Waals surface area (Å²) in [6.45, 7) is 0. The second kappa shape index (κ2) is 11.7. The highest BCUT2D eigenvalue weighted by Crippen LogP contribution is 2.35. The molecule has 162 valence electrons. The topological polar surface area (TPSA) is 96.7 Å². The minimum Gasteiger partial charge on any atom is -0.503 e. The van der Waals surface area contributed by atoms with Gasteiger partial charge in [0.15, 0.2) is 20.2 Å². The van der Waals surface area contributed by atoms with Gasteiger partial charge in [0.1, 0.15) is 0 Å². The lowest BCUT2D eigenvalue weighted by Gasteiger charge is -2.06. The fraction of sp³-hybridized carbons (Fsp3) is 0.158. The number of halogens is 2. The van der Waals surface area contributed by atoms with Crippen LogP contribution in [0.4, 0.5) is 0 Å². The first kappa shape index (κ1) is 23.9. The van der Waals surface area contributed by atoms with Crippen LogP contribution in [0.3, 0.4) is 0 Å². The molecule has 2 N–H and O–H groups in total. The zero-order valence-corrected chi connectivity index (χ0v) is 20.8. The van der Waals surface area contributed by atoms with E-state index in [1.165, 1.54) is 36.4 Å². The largest absolute Gasteiger partial charge is 0.503 e. The van der Waals surface area contributed by atoms with E-state index in [4.69, 9.17) is 16.3 Å². The number of nitrogens with one attached hydrogen (secondary N) is 1. The number of phenolic OH excluding ortho intramolecular Hbond substituents is 1. The van der Waals surface area contributed by atoms with E-state index >= 15 is 0 Å². The van der Waals surface area contributed by atoms with Crippen molar-refractivity contribution in [2.24, 2.45) is 5.10 Å². The van der Waals surface area contributed by atoms with Gasteiger partial charge < -0.3 is 9.84 Å². The van der Waals surface area contributed by atoms with Crippen molar-refractivity contribution in [3.63, 3.8) is 0 Å². The summed E-state index contributed by atoms with van der Waals surface area (Å²) in [6, 6.07) is 10.9. The number of benzene rings is 2. The standard InChI is InChI=1S/C19H16BrClN4O3S3/c1-28-15-7-11(6-13(20)17(15)27)8-22-23-16(26)10-30-19-25-24-18(31-19)29-9-12-4-2-3-5-14(12)21/h2-8,27H,9-10H2,1H3,(H,23,26). The maximum atomic E-state index is 12.0. The molecule has 0 unspecified atom stereocenters. The number of phenols is 1. The number of aromatic hydroxyl groups is 1. The van der Waals surface area contributed by atoms with Gasteiger partial charge in [0.2, 0.25) is 0 Å². The monoisotopic (exact) mass is 558 g/mol. The van der Waals surface area contributed by atoms with E-state index in [0.29, 0.717) is 25.9 Å². The molecule has 7 nitrogen and oxygen atoms in total. The normalized spacial score (nSPS) is 11.1. The molecule has 0 aliphatic rings. The average Bonchev–Trinajstić information content (AvgIpc) is 3.22. The van der Waals surface area contributed by atoms with Crippen molar-refractivity contribution >= 4 is 74.5 Å². The van der Waals surface area contributed by atoms with Crippen LogP contribution in [0.1, 0.15) is 11.1 Å². The lowest BCUT2D eigenvalue weighted by molar-refractivity contribution is -0.118. The number of methoxy groups -OCH3 is 1. The lowest BCUT2D eigenvalue weighted by Crippen LogP contribution is -2.19. The van der Waals surface area contributed by atoms with E-state index in [1.807, 2.05) is 24.3 Å². The minimum atomic E-state index is -0.272. The van der Waals surface area contributed by atoms with Crippen LogP contribution in [-0.4, -0.2) is 40.3 Å². The first-order valence-corrected chi connectivity index (χ1v) is 12.6. The average molecular weight is 560 g/mol. The van der Waals surface area contributed by atoms with Crippen LogP contribution in [0.2, 0.25) is 5.02 Å². The summed E-state index contributed by atoms with van der Waals surface area (Å²) >= 11 is 13.7. The molecule has 0 saturated heterocycles. The number of hydrogen-bond donors (Lipinski definition) is 2. The highest BCUT2D eigenvalue weighted by Gasteiger charge is 2.10. The van der Waals surface area contributed by atoms with Crippen LogP contribution in [0, 0.1) is 0 Å². The number of aromatic nitrogens is 2. The number of carbonyl (C=O) groups excluding carboxylic acids is 1. The predicted molar refractivity (Wildman–Crippen MR) is 130 cm³/mol. The Kier molecular flexibility index (Phi) is 9.02. The Morgan fingerprint density at radius 3 is 2.81 bits per heavy atom. The molecule has 0 aliphatic carbocycles. The molecule has 3 rings (SSSR count). The molecule has 0 radical (unpaired) electrons. The zero-order valence-electron chi connectivity index (χ0n) is 16.0. The first-order valence-electron chi connectivity index (χ1n) is 8.67. The van der Waals surface area contributed by atoms with Gasteiger partial charge in [-0.05, 0) is 45.3 Å². The number of carbonyl (C=O) groups is 1. The molecule has 12 heteroatoms. The number of nitrogens with zero attached hydrogens (tertiary/aromatic N) is 3. The molecule has 0 atom stereocenters. The molecule has 31 heavy (non-hydrogen) atoms. The van der Waals surface area contributed by atoms with E-state index in [9.17, 15) is 9.90 Å². The zero-order chi connectivity index (χ0) is 22.2. The van der Waals surface area contributed by atoms with Gasteiger partial charge in [-0.3, -0.25) is 4.79 Å². The summed E-state index contributed by atoms with van der Waals surface area (Å²) in [5.41, 5.74) is 4.15. The number of ether oxygens (including phenoxy) is 1. The molecule has 0 spiro atoms. The predicted octanol–water partition coefficient (Wildman–Crippen LogP) is 5.20. The highest BCUT2D eigenvalue weighted by atomic mass is 79.9. The van der Waals surface area contributed by atoms with Crippen molar-refractivity contribution in [1.29, 1.82) is 0 Å². The Morgan fingerprint density at radius 2 is 2.06 bits per heavy atom. The first-order chi connectivity index (χ1) is 15.0. The SMILES string of the molecule is COc1cc(C=NNC(=O)CSc2nnc(SCc3ccccc3Cl)s2)cc(Br)c1O. The van der Waals surface area contributed by atoms with E-state index in [2.05, 4.69) is 36.7 Å². The molecule has 0 fully saturated rings. The number of hydrazone groups is 1. The Morgan fingerprint density at radius 1 is 1.32 bits per heavy atom. The molecule has 0 bridgehead atoms. The second-order valence-corrected chi connectivity index (χ2v) is 10.5. The molecule has 3 aromatic rings. The quantitative estimate of drug-likeness (QED) is 0.211. The van der Waals surface area contributed by atoms with Gasteiger partial charge in [0, 0.05) is 10.8 Å². The summed E-state index contributed by atoms with van der Waals surface area (Å²) in [6.07, 6.45) is 1.46. The summed E-state index contributed by atoms with van der Waals surface area (Å²) in [4.78, 5) is 12.0. The van der Waals surface area contributed by atoms with E-state index < -0.39 is 0 Å². The fourth-order valence-electron chi connectivity index (χ4n) is 2.23. The number of thioether (sulfide) groups is 2. The highest BCUT2D eigenvalue weighted by molar-refractivity contribution is 9.10. The molecule has 0 aliphatic heterocycles. The fourth-order valence-corrected chi connectivity index (χ4v) is 5.79. The molecular weight excluding hydrogens is 544 g/mol. The summed E-state index contributed by atoms with van der Waals surface area (Å²) in [7, 11) is 1.45. The molecular formula is C19H16BrClN4O3S3. The summed E-state index contributed by atoms with van der Waals surface area (Å²) in [5.74, 6) is 0.890. The molecule has 1 amide bonds. The van der Waals surface area contributed by atoms with Gasteiger partial charge in [0.25, 0.3) is 5.91 Å². The lowest BCUT2D eigenvalue weighted by atomic mass is 10.2. The van der Waals surface area contributed by atoms with Crippen LogP contribution < -0.4 is 10.2 Å². The molecule has 2 aromatic carbocycles. The van der Waals surface area contributed by atoms with Gasteiger partial charge in [-0.15, -0.1) is 10.2 Å². The van der Waals surface area contributed by atoms with Crippen LogP contribution >= 0.6 is 62.4 Å². The number of rotatable bonds is 9. The van der Waals surface area contributed by atoms with Gasteiger partial charge >= 0.3 is 0 Å². The summed E-state index contributed by atoms with van der Waals surface area (Å²) in [5, 5.41) is 22.7. The molecule has 1 aromatic heterocycles. The van der Waals surface area contributed by atoms with Crippen LogP contribution in [0.5, 0.6) is 11.5 Å². The van der Waals surface area contributed by atoms with Crippen LogP contribution in [-0.2, 0) is 10.5 Å². The van der Waals surface area contributed by atoms with Gasteiger partial charge in [0.05, 0.1) is 23.5 Å². The van der Waals surface area contributed by atoms with Crippen molar-refractivity contribution in [2.45, 2.75) is 14.4 Å². The minimum absolute atomic E-state index is 0.00143. The smallest absolute Gasteiger partial charge is 0.250 e. The van der Waals surface area contributed by atoms with Crippen molar-refractivity contribution in [1.82, 2.24) is 15.6 Å². The third-order valence-corrected chi connectivity index (χ3v) is 7.91. The Balaban J connectivity index is 1.45. The number of amides is 1. The van der Waals surface area contributed by atoms with Crippen LogP contribution in [0.15, 0.2) is 54.7 Å². The van der Waals surface area contributed by atoms with Crippen molar-refractivity contribution in [3.8, 4) is 11.5 Å². The van der Waals surface area contributed by atoms with E-state index in [0.717, 1.165) is 14.9 Å². The number of hydrogen-bond acceptors (Lipinski definition) is 9. The second-order valence-electron chi connectivity index (χ2n) is 5.85. The van der Waals surface area contributed by atoms with Gasteiger partial charge in [-0.2, -0.15) is 5.10 Å². The Hall–Kier alpha value is -1.79. The van der Waals surface area contributed by atoms with Gasteiger partial charge in [-0.1, -0.05) is 64.7 Å². The van der Waals surface area contributed by atoms with Crippen molar-refractivity contribution in [2.75, 3.05) is 12.9 Å². The molecule has 0 saturated carbocycles. The van der Waals surface area contributed by atoms with Crippen LogP contribution in [0.25, 0.3) is 0 Å².